The fourth-order valence-corrected chi connectivity index (χ4v) is 3.65. The van der Waals surface area contributed by atoms with Crippen LogP contribution in [-0.4, -0.2) is 59.1 Å². The van der Waals surface area contributed by atoms with Crippen LogP contribution in [0.3, 0.4) is 0 Å². The molecule has 2 heterocycles. The van der Waals surface area contributed by atoms with Crippen LogP contribution in [-0.2, 0) is 16.1 Å². The number of carbonyl (C=O) groups excluding carboxylic acids is 3. The van der Waals surface area contributed by atoms with Gasteiger partial charge in [-0.15, -0.1) is 0 Å². The van der Waals surface area contributed by atoms with Crippen molar-refractivity contribution >= 4 is 23.3 Å². The molecular formula is C21H27N5O4. The molecule has 1 aliphatic rings. The summed E-state index contributed by atoms with van der Waals surface area (Å²) in [5, 5.41) is 7.77. The Morgan fingerprint density at radius 1 is 1.30 bits per heavy atom. The number of methoxy groups -OCH3 is 1. The molecule has 9 heteroatoms. The summed E-state index contributed by atoms with van der Waals surface area (Å²) in [6.07, 6.45) is 1.09. The number of fused-ring (bicyclic) bond motifs is 1. The summed E-state index contributed by atoms with van der Waals surface area (Å²) in [5.41, 5.74) is 9.00. The van der Waals surface area contributed by atoms with Crippen LogP contribution in [0.5, 0.6) is 0 Å². The van der Waals surface area contributed by atoms with E-state index in [0.717, 1.165) is 6.42 Å². The number of Topliss-reactive ketones (excluding diaryl/α,β-unsaturated/α-hetero) is 1. The number of ether oxygens (including phenoxy) is 1. The number of benzene rings is 1. The average molecular weight is 413 g/mol. The summed E-state index contributed by atoms with van der Waals surface area (Å²) < 4.78 is 6.72. The second-order valence-corrected chi connectivity index (χ2v) is 7.21. The van der Waals surface area contributed by atoms with E-state index < -0.39 is 5.91 Å². The number of aryl methyl sites for hydroxylation is 1. The third kappa shape index (κ3) is 4.20. The lowest BCUT2D eigenvalue weighted by molar-refractivity contribution is -0.131. The molecule has 0 unspecified atom stereocenters. The number of nitrogens with zero attached hydrogens (tertiary/aromatic N) is 3. The molecule has 3 rings (SSSR count). The third-order valence-electron chi connectivity index (χ3n) is 5.12. The lowest BCUT2D eigenvalue weighted by atomic mass is 10.0. The normalized spacial score (nSPS) is 13.3. The number of anilines is 1. The lowest BCUT2D eigenvalue weighted by Gasteiger charge is -2.26. The summed E-state index contributed by atoms with van der Waals surface area (Å²) in [4.78, 5) is 38.2. The highest BCUT2D eigenvalue weighted by Crippen LogP contribution is 2.27. The van der Waals surface area contributed by atoms with Crippen LogP contribution < -0.4 is 11.1 Å². The number of carbonyl (C=O) groups is 3. The van der Waals surface area contributed by atoms with Crippen molar-refractivity contribution in [3.8, 4) is 5.69 Å². The summed E-state index contributed by atoms with van der Waals surface area (Å²) in [5.74, 6) is -0.734. The molecule has 2 amide bonds. The molecule has 9 nitrogen and oxygen atoms in total. The highest BCUT2D eigenvalue weighted by atomic mass is 16.5. The minimum Gasteiger partial charge on any atom is -0.385 e. The molecule has 2 aromatic rings. The van der Waals surface area contributed by atoms with Crippen molar-refractivity contribution < 1.29 is 19.1 Å². The summed E-state index contributed by atoms with van der Waals surface area (Å²) in [6, 6.07) is 5.15. The van der Waals surface area contributed by atoms with Crippen LogP contribution in [0.15, 0.2) is 18.2 Å². The van der Waals surface area contributed by atoms with Crippen LogP contribution in [0, 0.1) is 6.92 Å². The van der Waals surface area contributed by atoms with Crippen molar-refractivity contribution in [3.05, 3.63) is 40.7 Å². The van der Waals surface area contributed by atoms with Gasteiger partial charge in [-0.25, -0.2) is 4.68 Å². The Labute approximate surface area is 175 Å². The molecule has 0 spiro atoms. The van der Waals surface area contributed by atoms with Crippen molar-refractivity contribution in [2.45, 2.75) is 33.2 Å². The van der Waals surface area contributed by atoms with Gasteiger partial charge >= 0.3 is 0 Å². The molecule has 0 saturated carbocycles. The molecule has 0 radical (unpaired) electrons. The third-order valence-corrected chi connectivity index (χ3v) is 5.12. The van der Waals surface area contributed by atoms with Crippen LogP contribution in [0.25, 0.3) is 5.69 Å². The molecule has 1 aliphatic heterocycles. The molecule has 0 saturated heterocycles. The quantitative estimate of drug-likeness (QED) is 0.635. The van der Waals surface area contributed by atoms with E-state index in [-0.39, 0.29) is 18.2 Å². The number of amides is 2. The zero-order valence-electron chi connectivity index (χ0n) is 17.5. The topological polar surface area (TPSA) is 120 Å². The van der Waals surface area contributed by atoms with Crippen molar-refractivity contribution in [2.24, 2.45) is 5.73 Å². The van der Waals surface area contributed by atoms with Gasteiger partial charge in [-0.05, 0) is 31.5 Å². The zero-order valence-corrected chi connectivity index (χ0v) is 17.5. The Bertz CT molecular complexity index is 982. The van der Waals surface area contributed by atoms with Gasteiger partial charge in [-0.3, -0.25) is 14.4 Å². The van der Waals surface area contributed by atoms with Crippen molar-refractivity contribution in [2.75, 3.05) is 32.1 Å². The molecule has 0 fully saturated rings. The molecule has 160 valence electrons. The number of primary amides is 1. The van der Waals surface area contributed by atoms with Crippen molar-refractivity contribution in [1.29, 1.82) is 0 Å². The monoisotopic (exact) mass is 413 g/mol. The Balaban J connectivity index is 2.00. The average Bonchev–Trinajstić information content (AvgIpc) is 3.07. The molecule has 0 atom stereocenters. The smallest absolute Gasteiger partial charge is 0.250 e. The van der Waals surface area contributed by atoms with E-state index in [0.29, 0.717) is 60.0 Å². The van der Waals surface area contributed by atoms with Gasteiger partial charge in [0.1, 0.15) is 0 Å². The predicted molar refractivity (Wildman–Crippen MR) is 112 cm³/mol. The fourth-order valence-electron chi connectivity index (χ4n) is 3.65. The molecule has 1 aromatic heterocycles. The van der Waals surface area contributed by atoms with Gasteiger partial charge in [-0.1, -0.05) is 6.92 Å². The first-order valence-electron chi connectivity index (χ1n) is 9.93. The van der Waals surface area contributed by atoms with Crippen LogP contribution >= 0.6 is 0 Å². The van der Waals surface area contributed by atoms with E-state index in [1.165, 1.54) is 0 Å². The predicted octanol–water partition coefficient (Wildman–Crippen LogP) is 1.66. The maximum atomic E-state index is 12.7. The van der Waals surface area contributed by atoms with Gasteiger partial charge in [-0.2, -0.15) is 5.10 Å². The summed E-state index contributed by atoms with van der Waals surface area (Å²) in [6.45, 7) is 5.13. The van der Waals surface area contributed by atoms with E-state index >= 15 is 0 Å². The number of aromatic nitrogens is 2. The van der Waals surface area contributed by atoms with Crippen LogP contribution in [0.4, 0.5) is 5.69 Å². The highest BCUT2D eigenvalue weighted by molar-refractivity contribution is 6.03. The Morgan fingerprint density at radius 3 is 2.73 bits per heavy atom. The molecule has 3 N–H and O–H groups in total. The highest BCUT2D eigenvalue weighted by Gasteiger charge is 2.31. The Hall–Kier alpha value is -3.20. The first-order chi connectivity index (χ1) is 14.4. The van der Waals surface area contributed by atoms with Gasteiger partial charge in [0.25, 0.3) is 5.91 Å². The number of nitrogens with one attached hydrogen (secondary N) is 1. The first-order valence-corrected chi connectivity index (χ1v) is 9.93. The maximum absolute atomic E-state index is 12.7. The second kappa shape index (κ2) is 9.08. The fraction of sp³-hybridized carbons (Fsp3) is 0.429. The Morgan fingerprint density at radius 2 is 2.07 bits per heavy atom. The minimum atomic E-state index is -0.538. The molecule has 30 heavy (non-hydrogen) atoms. The molecule has 0 bridgehead atoms. The Kier molecular flexibility index (Phi) is 6.51. The van der Waals surface area contributed by atoms with Gasteiger partial charge in [0, 0.05) is 32.4 Å². The van der Waals surface area contributed by atoms with Crippen molar-refractivity contribution in [3.63, 3.8) is 0 Å². The van der Waals surface area contributed by atoms with Gasteiger partial charge in [0.2, 0.25) is 5.91 Å². The van der Waals surface area contributed by atoms with E-state index in [9.17, 15) is 14.4 Å². The number of nitrogens with two attached hydrogens (primary N) is 1. The largest absolute Gasteiger partial charge is 0.385 e. The van der Waals surface area contributed by atoms with Crippen molar-refractivity contribution in [1.82, 2.24) is 14.7 Å². The second-order valence-electron chi connectivity index (χ2n) is 7.21. The van der Waals surface area contributed by atoms with Crippen LogP contribution in [0.2, 0.25) is 0 Å². The van der Waals surface area contributed by atoms with E-state index in [1.54, 1.807) is 48.7 Å². The first kappa shape index (κ1) is 21.5. The SMILES string of the molecule is CCC(=O)N1CC(=O)c2c(C)nn(-c3ccc(C(N)=O)c(NCCCOC)c3)c2C1. The number of ketones is 1. The van der Waals surface area contributed by atoms with Gasteiger partial charge in [0.05, 0.1) is 41.3 Å². The maximum Gasteiger partial charge on any atom is 0.250 e. The van der Waals surface area contributed by atoms with Gasteiger partial charge in [0.15, 0.2) is 5.78 Å². The molecule has 1 aromatic carbocycles. The van der Waals surface area contributed by atoms with E-state index in [4.69, 9.17) is 10.5 Å². The molecular weight excluding hydrogens is 386 g/mol. The number of hydrogen-bond donors (Lipinski definition) is 2. The van der Waals surface area contributed by atoms with Gasteiger partial charge < -0.3 is 20.7 Å². The standard InChI is InChI=1S/C21H27N5O4/c1-4-19(28)25-11-17-20(18(27)12-25)13(2)24-26(17)14-6-7-15(21(22)29)16(10-14)23-8-5-9-30-3/h6-7,10,23H,4-5,8-9,11-12H2,1-3H3,(H2,22,29). The molecule has 0 aliphatic carbocycles. The van der Waals surface area contributed by atoms with Crippen LogP contribution in [0.1, 0.15) is 51.9 Å². The lowest BCUT2D eigenvalue weighted by Crippen LogP contribution is -2.39. The zero-order chi connectivity index (χ0) is 21.8. The number of hydrogen-bond acceptors (Lipinski definition) is 6. The van der Waals surface area contributed by atoms with E-state index in [1.807, 2.05) is 0 Å². The number of rotatable bonds is 8. The minimum absolute atomic E-state index is 0.0686. The van der Waals surface area contributed by atoms with E-state index in [2.05, 4.69) is 10.4 Å². The summed E-state index contributed by atoms with van der Waals surface area (Å²) in [7, 11) is 1.63. The summed E-state index contributed by atoms with van der Waals surface area (Å²) >= 11 is 0.